The lowest BCUT2D eigenvalue weighted by Gasteiger charge is -2.34. The maximum Gasteiger partial charge on any atom is 0.312 e. The van der Waals surface area contributed by atoms with Gasteiger partial charge in [-0.2, -0.15) is 0 Å². The number of carbonyl (C=O) groups excluding carboxylic acids is 2. The van der Waals surface area contributed by atoms with E-state index in [4.69, 9.17) is 10.5 Å². The Labute approximate surface area is 155 Å². The number of primary amides is 1. The average molecular weight is 362 g/mol. The summed E-state index contributed by atoms with van der Waals surface area (Å²) in [5, 5.41) is 2.54. The quantitative estimate of drug-likeness (QED) is 0.653. The summed E-state index contributed by atoms with van der Waals surface area (Å²) in [6.45, 7) is 7.41. The highest BCUT2D eigenvalue weighted by atomic mass is 16.5. The summed E-state index contributed by atoms with van der Waals surface area (Å²) >= 11 is 0. The Kier molecular flexibility index (Phi) is 8.21. The molecule has 1 aromatic rings. The van der Waals surface area contributed by atoms with Crippen molar-refractivity contribution in [1.29, 1.82) is 0 Å². The number of hydrogen-bond acceptors (Lipinski definition) is 4. The van der Waals surface area contributed by atoms with Crippen LogP contribution in [0, 0.1) is 0 Å². The molecule has 1 aliphatic heterocycles. The number of ether oxygens (including phenoxy) is 1. The molecule has 0 aromatic heterocycles. The van der Waals surface area contributed by atoms with Crippen LogP contribution < -0.4 is 15.8 Å². The highest BCUT2D eigenvalue weighted by Crippen LogP contribution is 2.15. The molecule has 0 atom stereocenters. The second kappa shape index (κ2) is 10.7. The smallest absolute Gasteiger partial charge is 0.312 e. The Balaban J connectivity index is 1.64. The van der Waals surface area contributed by atoms with E-state index in [0.29, 0.717) is 19.6 Å². The third kappa shape index (κ3) is 6.92. The van der Waals surface area contributed by atoms with E-state index >= 15 is 0 Å². The van der Waals surface area contributed by atoms with Crippen molar-refractivity contribution in [3.63, 3.8) is 0 Å². The monoisotopic (exact) mass is 362 g/mol. The van der Waals surface area contributed by atoms with Gasteiger partial charge in [0.1, 0.15) is 5.75 Å². The Hall–Kier alpha value is -2.28. The second-order valence-corrected chi connectivity index (χ2v) is 6.48. The summed E-state index contributed by atoms with van der Waals surface area (Å²) in [4.78, 5) is 27.1. The molecule has 1 heterocycles. The van der Waals surface area contributed by atoms with Gasteiger partial charge in [0.25, 0.3) is 0 Å². The van der Waals surface area contributed by atoms with Crippen molar-refractivity contribution in [3.8, 4) is 5.75 Å². The Bertz CT molecular complexity index is 569. The highest BCUT2D eigenvalue weighted by molar-refractivity contribution is 5.76. The van der Waals surface area contributed by atoms with E-state index in [-0.39, 0.29) is 5.91 Å². The number of nitrogens with zero attached hydrogens (tertiary/aromatic N) is 2. The summed E-state index contributed by atoms with van der Waals surface area (Å²) in [6, 6.07) is 7.70. The molecule has 7 nitrogen and oxygen atoms in total. The van der Waals surface area contributed by atoms with Crippen LogP contribution in [-0.2, 0) is 11.3 Å². The molecule has 1 aliphatic rings. The summed E-state index contributed by atoms with van der Waals surface area (Å²) in [7, 11) is 0. The Morgan fingerprint density at radius 1 is 1.12 bits per heavy atom. The lowest BCUT2D eigenvalue weighted by atomic mass is 10.1. The predicted molar refractivity (Wildman–Crippen MR) is 101 cm³/mol. The Morgan fingerprint density at radius 2 is 1.81 bits per heavy atom. The Morgan fingerprint density at radius 3 is 2.42 bits per heavy atom. The molecule has 0 spiro atoms. The van der Waals surface area contributed by atoms with Gasteiger partial charge in [-0.3, -0.25) is 9.69 Å². The van der Waals surface area contributed by atoms with Crippen LogP contribution in [0.25, 0.3) is 0 Å². The fraction of sp³-hybridized carbons (Fsp3) is 0.579. The largest absolute Gasteiger partial charge is 0.494 e. The molecular weight excluding hydrogens is 332 g/mol. The van der Waals surface area contributed by atoms with Gasteiger partial charge in [-0.15, -0.1) is 0 Å². The minimum absolute atomic E-state index is 0.199. The second-order valence-electron chi connectivity index (χ2n) is 6.48. The van der Waals surface area contributed by atoms with Gasteiger partial charge >= 0.3 is 6.03 Å². The van der Waals surface area contributed by atoms with Crippen molar-refractivity contribution >= 4 is 11.9 Å². The molecule has 0 radical (unpaired) electrons. The molecule has 7 heteroatoms. The van der Waals surface area contributed by atoms with Crippen molar-refractivity contribution in [3.05, 3.63) is 29.8 Å². The fourth-order valence-electron chi connectivity index (χ4n) is 3.04. The molecule has 0 unspecified atom stereocenters. The van der Waals surface area contributed by atoms with Crippen molar-refractivity contribution in [2.45, 2.75) is 32.7 Å². The van der Waals surface area contributed by atoms with Crippen LogP contribution in [0.2, 0.25) is 0 Å². The van der Waals surface area contributed by atoms with Crippen molar-refractivity contribution in [1.82, 2.24) is 15.1 Å². The number of nitrogens with two attached hydrogens (primary N) is 1. The number of carbonyl (C=O) groups is 2. The van der Waals surface area contributed by atoms with Crippen LogP contribution in [0.5, 0.6) is 5.75 Å². The van der Waals surface area contributed by atoms with E-state index in [2.05, 4.69) is 22.3 Å². The van der Waals surface area contributed by atoms with Gasteiger partial charge in [0.2, 0.25) is 5.91 Å². The zero-order chi connectivity index (χ0) is 18.8. The predicted octanol–water partition coefficient (Wildman–Crippen LogP) is 1.57. The summed E-state index contributed by atoms with van der Waals surface area (Å²) in [5.41, 5.74) is 6.26. The van der Waals surface area contributed by atoms with E-state index in [1.54, 1.807) is 0 Å². The van der Waals surface area contributed by atoms with Crippen LogP contribution in [-0.4, -0.2) is 61.1 Å². The summed E-state index contributed by atoms with van der Waals surface area (Å²) in [6.07, 6.45) is 2.07. The zero-order valence-electron chi connectivity index (χ0n) is 15.6. The van der Waals surface area contributed by atoms with Crippen LogP contribution in [0.3, 0.4) is 0 Å². The summed E-state index contributed by atoms with van der Waals surface area (Å²) < 4.78 is 5.47. The molecule has 3 N–H and O–H groups in total. The summed E-state index contributed by atoms with van der Waals surface area (Å²) in [5.74, 6) is 1.10. The van der Waals surface area contributed by atoms with Crippen molar-refractivity contribution in [2.75, 3.05) is 39.3 Å². The molecule has 3 amide bonds. The van der Waals surface area contributed by atoms with Crippen LogP contribution in [0.15, 0.2) is 24.3 Å². The number of hydrogen-bond donors (Lipinski definition) is 2. The number of nitrogens with one attached hydrogen (secondary N) is 1. The molecule has 1 fully saturated rings. The van der Waals surface area contributed by atoms with Crippen molar-refractivity contribution in [2.24, 2.45) is 5.73 Å². The minimum Gasteiger partial charge on any atom is -0.494 e. The number of urea groups is 1. The van der Waals surface area contributed by atoms with Gasteiger partial charge in [-0.05, 0) is 37.5 Å². The van der Waals surface area contributed by atoms with E-state index in [1.165, 1.54) is 5.56 Å². The molecule has 1 saturated heterocycles. The van der Waals surface area contributed by atoms with Crippen molar-refractivity contribution < 1.29 is 14.3 Å². The lowest BCUT2D eigenvalue weighted by molar-refractivity contribution is -0.133. The molecule has 0 aliphatic carbocycles. The molecule has 26 heavy (non-hydrogen) atoms. The first kappa shape index (κ1) is 20.0. The lowest BCUT2D eigenvalue weighted by Crippen LogP contribution is -2.48. The van der Waals surface area contributed by atoms with Gasteiger partial charge in [0.05, 0.1) is 6.61 Å². The van der Waals surface area contributed by atoms with Gasteiger partial charge in [0, 0.05) is 45.7 Å². The van der Waals surface area contributed by atoms with E-state index in [0.717, 1.165) is 51.3 Å². The molecule has 0 bridgehead atoms. The molecule has 144 valence electrons. The maximum atomic E-state index is 12.2. The van der Waals surface area contributed by atoms with Gasteiger partial charge in [-0.1, -0.05) is 12.1 Å². The first-order valence-corrected chi connectivity index (χ1v) is 9.33. The number of rotatable bonds is 9. The molecule has 1 aromatic carbocycles. The van der Waals surface area contributed by atoms with E-state index in [1.807, 2.05) is 24.0 Å². The van der Waals surface area contributed by atoms with E-state index in [9.17, 15) is 9.59 Å². The van der Waals surface area contributed by atoms with Crippen LogP contribution in [0.1, 0.15) is 31.7 Å². The fourth-order valence-corrected chi connectivity index (χ4v) is 3.04. The van der Waals surface area contributed by atoms with Gasteiger partial charge < -0.3 is 20.7 Å². The number of amides is 3. The van der Waals surface area contributed by atoms with Crippen LogP contribution in [0.4, 0.5) is 4.79 Å². The molecule has 2 rings (SSSR count). The molecule has 0 saturated carbocycles. The average Bonchev–Trinajstić information content (AvgIpc) is 2.63. The zero-order valence-corrected chi connectivity index (χ0v) is 15.6. The normalized spacial score (nSPS) is 14.9. The minimum atomic E-state index is -0.514. The van der Waals surface area contributed by atoms with E-state index < -0.39 is 6.03 Å². The van der Waals surface area contributed by atoms with Gasteiger partial charge in [0.15, 0.2) is 0 Å². The SMILES string of the molecule is CCOc1ccc(CN2CCN(C(=O)CCCCNC(N)=O)CC2)cc1. The maximum absolute atomic E-state index is 12.2. The number of benzene rings is 1. The number of unbranched alkanes of at least 4 members (excludes halogenated alkanes) is 1. The van der Waals surface area contributed by atoms with Crippen LogP contribution >= 0.6 is 0 Å². The third-order valence-electron chi connectivity index (χ3n) is 4.48. The highest BCUT2D eigenvalue weighted by Gasteiger charge is 2.20. The standard InChI is InChI=1S/C19H30N4O3/c1-2-26-17-8-6-16(7-9-17)15-22-11-13-23(14-12-22)18(24)5-3-4-10-21-19(20)25/h6-9H,2-5,10-15H2,1H3,(H3,20,21,25). The number of piperazine rings is 1. The topological polar surface area (TPSA) is 87.9 Å². The van der Waals surface area contributed by atoms with Gasteiger partial charge in [-0.25, -0.2) is 4.79 Å². The first-order chi connectivity index (χ1) is 12.6. The first-order valence-electron chi connectivity index (χ1n) is 9.33. The molecular formula is C19H30N4O3. The third-order valence-corrected chi connectivity index (χ3v) is 4.48.